The summed E-state index contributed by atoms with van der Waals surface area (Å²) in [7, 11) is 1.59. The molecule has 24 heavy (non-hydrogen) atoms. The summed E-state index contributed by atoms with van der Waals surface area (Å²) in [6.07, 6.45) is 0. The van der Waals surface area contributed by atoms with E-state index in [2.05, 4.69) is 15.4 Å². The molecule has 0 saturated heterocycles. The zero-order chi connectivity index (χ0) is 17.1. The van der Waals surface area contributed by atoms with Crippen LogP contribution in [0.2, 0.25) is 10.0 Å². The van der Waals surface area contributed by atoms with Crippen LogP contribution in [0.5, 0.6) is 5.75 Å². The molecule has 0 saturated carbocycles. The minimum Gasteiger partial charge on any atom is -0.496 e. The Morgan fingerprint density at radius 2 is 1.83 bits per heavy atom. The number of nitrogens with zero attached hydrogens (tertiary/aromatic N) is 3. The molecule has 0 amide bonds. The molecule has 0 unspecified atom stereocenters. The first kappa shape index (κ1) is 16.8. The summed E-state index contributed by atoms with van der Waals surface area (Å²) in [4.78, 5) is 4.97. The lowest BCUT2D eigenvalue weighted by Gasteiger charge is -2.08. The fourth-order valence-electron chi connectivity index (χ4n) is 1.91. The number of anilines is 3. The van der Waals surface area contributed by atoms with Crippen molar-refractivity contribution in [2.24, 2.45) is 0 Å². The molecular weight excluding hydrogens is 369 g/mol. The minimum absolute atomic E-state index is 0.249. The van der Waals surface area contributed by atoms with Gasteiger partial charge in [0, 0.05) is 27.7 Å². The summed E-state index contributed by atoms with van der Waals surface area (Å²) in [5.41, 5.74) is 6.74. The number of nitrogens with two attached hydrogens (primary N) is 1. The van der Waals surface area contributed by atoms with Crippen molar-refractivity contribution in [3.63, 3.8) is 0 Å². The van der Waals surface area contributed by atoms with Crippen LogP contribution in [0, 0.1) is 0 Å². The number of ether oxygens (including phenoxy) is 1. The highest BCUT2D eigenvalue weighted by Crippen LogP contribution is 2.33. The molecule has 0 bridgehead atoms. The Morgan fingerprint density at radius 3 is 2.54 bits per heavy atom. The number of benzene rings is 2. The number of nitrogens with one attached hydrogen (secondary N) is 1. The molecule has 3 rings (SSSR count). The van der Waals surface area contributed by atoms with Gasteiger partial charge in [-0.15, -0.1) is 5.10 Å². The van der Waals surface area contributed by atoms with Crippen molar-refractivity contribution in [2.45, 2.75) is 4.90 Å². The molecule has 3 N–H and O–H groups in total. The molecule has 0 fully saturated rings. The van der Waals surface area contributed by atoms with Gasteiger partial charge in [-0.2, -0.15) is 9.07 Å². The van der Waals surface area contributed by atoms with Crippen LogP contribution < -0.4 is 15.8 Å². The van der Waals surface area contributed by atoms with Gasteiger partial charge in [-0.05, 0) is 42.5 Å². The molecule has 0 aliphatic heterocycles. The van der Waals surface area contributed by atoms with Crippen LogP contribution in [0.25, 0.3) is 0 Å². The SMILES string of the molecule is COc1ccc(Cl)cc1Sn1nc(Nc2ccc(Cl)cc2)nc1N. The summed E-state index contributed by atoms with van der Waals surface area (Å²) in [6.45, 7) is 0. The van der Waals surface area contributed by atoms with Crippen LogP contribution in [0.1, 0.15) is 0 Å². The van der Waals surface area contributed by atoms with E-state index in [1.54, 1.807) is 37.4 Å². The third kappa shape index (κ3) is 3.87. The molecule has 0 aliphatic carbocycles. The number of halogens is 2. The first-order valence-electron chi connectivity index (χ1n) is 6.82. The third-order valence-electron chi connectivity index (χ3n) is 3.01. The lowest BCUT2D eigenvalue weighted by atomic mass is 10.3. The normalized spacial score (nSPS) is 10.6. The number of hydrogen-bond acceptors (Lipinski definition) is 6. The number of methoxy groups -OCH3 is 1. The molecule has 0 spiro atoms. The highest BCUT2D eigenvalue weighted by Gasteiger charge is 2.12. The third-order valence-corrected chi connectivity index (χ3v) is 4.46. The Kier molecular flexibility index (Phi) is 5.03. The topological polar surface area (TPSA) is 78.0 Å². The molecule has 124 valence electrons. The Bertz CT molecular complexity index is 854. The van der Waals surface area contributed by atoms with Gasteiger partial charge in [0.2, 0.25) is 11.9 Å². The van der Waals surface area contributed by atoms with E-state index < -0.39 is 0 Å². The van der Waals surface area contributed by atoms with Crippen molar-refractivity contribution in [3.8, 4) is 5.75 Å². The smallest absolute Gasteiger partial charge is 0.249 e. The quantitative estimate of drug-likeness (QED) is 0.678. The summed E-state index contributed by atoms with van der Waals surface area (Å²) >= 11 is 13.2. The highest BCUT2D eigenvalue weighted by atomic mass is 35.5. The van der Waals surface area contributed by atoms with Gasteiger partial charge in [0.15, 0.2) is 0 Å². The summed E-state index contributed by atoms with van der Waals surface area (Å²) in [5, 5.41) is 8.64. The zero-order valence-corrected chi connectivity index (χ0v) is 14.9. The average molecular weight is 382 g/mol. The Morgan fingerprint density at radius 1 is 1.12 bits per heavy atom. The Balaban J connectivity index is 1.81. The molecule has 0 atom stereocenters. The van der Waals surface area contributed by atoms with Gasteiger partial charge in [-0.3, -0.25) is 0 Å². The first-order valence-corrected chi connectivity index (χ1v) is 8.35. The maximum absolute atomic E-state index is 6.04. The van der Waals surface area contributed by atoms with Crippen molar-refractivity contribution >= 4 is 52.7 Å². The van der Waals surface area contributed by atoms with Gasteiger partial charge in [0.1, 0.15) is 5.75 Å². The first-order chi connectivity index (χ1) is 11.5. The van der Waals surface area contributed by atoms with E-state index in [9.17, 15) is 0 Å². The van der Waals surface area contributed by atoms with E-state index in [1.807, 2.05) is 12.1 Å². The second-order valence-electron chi connectivity index (χ2n) is 4.68. The van der Waals surface area contributed by atoms with Gasteiger partial charge >= 0.3 is 0 Å². The highest BCUT2D eigenvalue weighted by molar-refractivity contribution is 7.98. The largest absolute Gasteiger partial charge is 0.496 e. The van der Waals surface area contributed by atoms with Gasteiger partial charge in [0.25, 0.3) is 0 Å². The number of rotatable bonds is 5. The minimum atomic E-state index is 0.249. The fourth-order valence-corrected chi connectivity index (χ4v) is 3.13. The van der Waals surface area contributed by atoms with Crippen molar-refractivity contribution in [1.82, 2.24) is 14.2 Å². The van der Waals surface area contributed by atoms with E-state index in [-0.39, 0.29) is 5.95 Å². The molecule has 0 aliphatic rings. The monoisotopic (exact) mass is 381 g/mol. The van der Waals surface area contributed by atoms with Gasteiger partial charge in [-0.1, -0.05) is 23.2 Å². The van der Waals surface area contributed by atoms with E-state index in [0.717, 1.165) is 10.6 Å². The maximum atomic E-state index is 6.04. The summed E-state index contributed by atoms with van der Waals surface area (Å²) in [6, 6.07) is 12.5. The van der Waals surface area contributed by atoms with Gasteiger partial charge in [-0.25, -0.2) is 0 Å². The van der Waals surface area contributed by atoms with Gasteiger partial charge in [0.05, 0.1) is 12.0 Å². The standard InChI is InChI=1S/C15H13Cl2N5OS/c1-23-12-7-4-10(17)8-13(12)24-22-14(18)20-15(21-22)19-11-5-2-9(16)3-6-11/h2-8H,1H3,(H3,18,19,20,21). The van der Waals surface area contributed by atoms with Crippen molar-refractivity contribution < 1.29 is 4.74 Å². The Labute approximate surface area is 153 Å². The van der Waals surface area contributed by atoms with Crippen molar-refractivity contribution in [2.75, 3.05) is 18.2 Å². The van der Waals surface area contributed by atoms with E-state index >= 15 is 0 Å². The molecule has 1 aromatic heterocycles. The fraction of sp³-hybridized carbons (Fsp3) is 0.0667. The van der Waals surface area contributed by atoms with Gasteiger partial charge < -0.3 is 15.8 Å². The molecule has 6 nitrogen and oxygen atoms in total. The van der Waals surface area contributed by atoms with Crippen LogP contribution >= 0.6 is 35.1 Å². The predicted molar refractivity (Wildman–Crippen MR) is 98.4 cm³/mol. The second kappa shape index (κ2) is 7.21. The number of aromatic nitrogens is 3. The van der Waals surface area contributed by atoms with Crippen LogP contribution in [0.3, 0.4) is 0 Å². The average Bonchev–Trinajstić information content (AvgIpc) is 2.89. The van der Waals surface area contributed by atoms with Crippen LogP contribution in [0.4, 0.5) is 17.6 Å². The van der Waals surface area contributed by atoms with Crippen molar-refractivity contribution in [1.29, 1.82) is 0 Å². The summed E-state index contributed by atoms with van der Waals surface area (Å²) < 4.78 is 6.81. The second-order valence-corrected chi connectivity index (χ2v) is 6.53. The maximum Gasteiger partial charge on any atom is 0.249 e. The molecule has 9 heteroatoms. The molecular formula is C15H13Cl2N5OS. The summed E-state index contributed by atoms with van der Waals surface area (Å²) in [5.74, 6) is 1.30. The lowest BCUT2D eigenvalue weighted by molar-refractivity contribution is 0.404. The Hall–Kier alpha value is -2.09. The zero-order valence-electron chi connectivity index (χ0n) is 12.5. The molecule has 3 aromatic rings. The molecule has 0 radical (unpaired) electrons. The van der Waals surface area contributed by atoms with Crippen LogP contribution in [0.15, 0.2) is 47.4 Å². The molecule has 1 heterocycles. The number of hydrogen-bond donors (Lipinski definition) is 2. The lowest BCUT2D eigenvalue weighted by Crippen LogP contribution is -1.98. The molecule has 2 aromatic carbocycles. The van der Waals surface area contributed by atoms with Crippen LogP contribution in [-0.4, -0.2) is 21.3 Å². The van der Waals surface area contributed by atoms with E-state index in [1.165, 1.54) is 16.0 Å². The van der Waals surface area contributed by atoms with E-state index in [0.29, 0.717) is 21.7 Å². The van der Waals surface area contributed by atoms with E-state index in [4.69, 9.17) is 33.7 Å². The van der Waals surface area contributed by atoms with Crippen LogP contribution in [-0.2, 0) is 0 Å². The number of nitrogen functional groups attached to an aromatic ring is 1. The predicted octanol–water partition coefficient (Wildman–Crippen LogP) is 4.47. The van der Waals surface area contributed by atoms with Crippen molar-refractivity contribution in [3.05, 3.63) is 52.5 Å².